The number of carbonyl (C=O) groups is 1. The van der Waals surface area contributed by atoms with E-state index in [1.807, 2.05) is 6.92 Å². The fraction of sp³-hybridized carbons (Fsp3) is 0.571. The van der Waals surface area contributed by atoms with Crippen LogP contribution in [0.15, 0.2) is 0 Å². The van der Waals surface area contributed by atoms with Crippen molar-refractivity contribution < 1.29 is 9.53 Å². The molecule has 0 aromatic carbocycles. The summed E-state index contributed by atoms with van der Waals surface area (Å²) in [4.78, 5) is 10.7. The van der Waals surface area contributed by atoms with Crippen LogP contribution in [-0.2, 0) is 16.0 Å². The van der Waals surface area contributed by atoms with E-state index in [1.54, 1.807) is 0 Å². The van der Waals surface area contributed by atoms with E-state index in [1.165, 1.54) is 18.4 Å². The lowest BCUT2D eigenvalue weighted by Crippen LogP contribution is -2.01. The number of methoxy groups -OCH3 is 1. The average Bonchev–Trinajstić information content (AvgIpc) is 2.47. The highest BCUT2D eigenvalue weighted by Gasteiger charge is 2.04. The summed E-state index contributed by atoms with van der Waals surface area (Å²) in [5.74, 6) is -0.206. The second-order valence-corrected chi connectivity index (χ2v) is 3.56. The highest BCUT2D eigenvalue weighted by atomic mass is 32.1. The zero-order chi connectivity index (χ0) is 8.97. The largest absolute Gasteiger partial charge is 0.469 e. The Labute approximate surface area is 74.6 Å². The molecule has 0 unspecified atom stereocenters. The van der Waals surface area contributed by atoms with Crippen LogP contribution in [0.25, 0.3) is 0 Å². The summed E-state index contributed by atoms with van der Waals surface area (Å²) in [5, 5.41) is 9.53. The molecule has 0 saturated carbocycles. The Morgan fingerprint density at radius 2 is 2.33 bits per heavy atom. The van der Waals surface area contributed by atoms with Gasteiger partial charge in [0.05, 0.1) is 13.5 Å². The second kappa shape index (κ2) is 4.15. The number of hydrogen-bond donors (Lipinski definition) is 0. The van der Waals surface area contributed by atoms with Crippen molar-refractivity contribution in [1.29, 1.82) is 0 Å². The maximum absolute atomic E-state index is 10.7. The van der Waals surface area contributed by atoms with Crippen molar-refractivity contribution in [2.45, 2.75) is 19.8 Å². The molecule has 5 heteroatoms. The summed E-state index contributed by atoms with van der Waals surface area (Å²) in [6.07, 6.45) is 1.00. The molecule has 0 aliphatic heterocycles. The number of aromatic nitrogens is 2. The maximum atomic E-state index is 10.7. The third-order valence-electron chi connectivity index (χ3n) is 1.34. The molecule has 66 valence electrons. The average molecular weight is 186 g/mol. The monoisotopic (exact) mass is 186 g/mol. The lowest BCUT2D eigenvalue weighted by Gasteiger charge is -1.94. The van der Waals surface area contributed by atoms with Gasteiger partial charge in [0, 0.05) is 6.42 Å². The molecule has 1 aromatic rings. The van der Waals surface area contributed by atoms with Gasteiger partial charge in [-0.25, -0.2) is 0 Å². The van der Waals surface area contributed by atoms with E-state index in [9.17, 15) is 4.79 Å². The molecule has 0 saturated heterocycles. The molecule has 4 nitrogen and oxygen atoms in total. The Balaban J connectivity index is 2.38. The van der Waals surface area contributed by atoms with E-state index in [4.69, 9.17) is 0 Å². The molecule has 0 atom stereocenters. The topological polar surface area (TPSA) is 52.1 Å². The van der Waals surface area contributed by atoms with Gasteiger partial charge in [0.25, 0.3) is 0 Å². The molecule has 0 aliphatic rings. The molecule has 12 heavy (non-hydrogen) atoms. The zero-order valence-electron chi connectivity index (χ0n) is 7.03. The number of carbonyl (C=O) groups excluding carboxylic acids is 1. The van der Waals surface area contributed by atoms with Crippen molar-refractivity contribution in [3.8, 4) is 0 Å². The van der Waals surface area contributed by atoms with Gasteiger partial charge in [0.2, 0.25) is 0 Å². The van der Waals surface area contributed by atoms with E-state index in [2.05, 4.69) is 14.9 Å². The predicted octanol–water partition coefficient (Wildman–Crippen LogP) is 0.952. The van der Waals surface area contributed by atoms with Crippen LogP contribution in [0.5, 0.6) is 0 Å². The highest BCUT2D eigenvalue weighted by molar-refractivity contribution is 7.11. The summed E-state index contributed by atoms with van der Waals surface area (Å²) in [7, 11) is 1.38. The fourth-order valence-electron chi connectivity index (χ4n) is 0.750. The summed E-state index contributed by atoms with van der Waals surface area (Å²) >= 11 is 1.51. The Morgan fingerprint density at radius 3 is 2.83 bits per heavy atom. The minimum atomic E-state index is -0.206. The van der Waals surface area contributed by atoms with Gasteiger partial charge in [-0.2, -0.15) is 0 Å². The van der Waals surface area contributed by atoms with Gasteiger partial charge < -0.3 is 4.74 Å². The minimum Gasteiger partial charge on any atom is -0.469 e. The van der Waals surface area contributed by atoms with Crippen LogP contribution in [0.2, 0.25) is 0 Å². The molecule has 0 amide bonds. The lowest BCUT2D eigenvalue weighted by atomic mass is 10.3. The number of hydrogen-bond acceptors (Lipinski definition) is 5. The van der Waals surface area contributed by atoms with E-state index in [-0.39, 0.29) is 5.97 Å². The van der Waals surface area contributed by atoms with Gasteiger partial charge in [-0.1, -0.05) is 0 Å². The van der Waals surface area contributed by atoms with Crippen LogP contribution in [0, 0.1) is 6.92 Å². The number of rotatable bonds is 3. The van der Waals surface area contributed by atoms with E-state index < -0.39 is 0 Å². The highest BCUT2D eigenvalue weighted by Crippen LogP contribution is 2.09. The number of esters is 1. The van der Waals surface area contributed by atoms with Crippen LogP contribution in [0.3, 0.4) is 0 Å². The van der Waals surface area contributed by atoms with Gasteiger partial charge in [0.1, 0.15) is 10.0 Å². The standard InChI is InChI=1S/C7H10N2O2S/c1-5-8-9-6(12-5)3-4-7(10)11-2/h3-4H2,1-2H3. The summed E-state index contributed by atoms with van der Waals surface area (Å²) in [6.45, 7) is 1.89. The maximum Gasteiger partial charge on any atom is 0.305 e. The molecular formula is C7H10N2O2S. The Hall–Kier alpha value is -0.970. The number of ether oxygens (including phenoxy) is 1. The van der Waals surface area contributed by atoms with E-state index in [0.717, 1.165) is 10.0 Å². The smallest absolute Gasteiger partial charge is 0.305 e. The van der Waals surface area contributed by atoms with Gasteiger partial charge in [-0.3, -0.25) is 4.79 Å². The normalized spacial score (nSPS) is 9.83. The van der Waals surface area contributed by atoms with Crippen LogP contribution in [0.4, 0.5) is 0 Å². The first-order valence-electron chi connectivity index (χ1n) is 3.58. The predicted molar refractivity (Wildman–Crippen MR) is 45.0 cm³/mol. The first kappa shape index (κ1) is 9.12. The summed E-state index contributed by atoms with van der Waals surface area (Å²) in [5.41, 5.74) is 0. The molecule has 1 heterocycles. The Kier molecular flexibility index (Phi) is 3.16. The Bertz CT molecular complexity index is 272. The number of nitrogens with zero attached hydrogens (tertiary/aromatic N) is 2. The molecule has 0 bridgehead atoms. The van der Waals surface area contributed by atoms with Gasteiger partial charge >= 0.3 is 5.97 Å². The lowest BCUT2D eigenvalue weighted by molar-refractivity contribution is -0.140. The van der Waals surface area contributed by atoms with Crippen LogP contribution < -0.4 is 0 Å². The minimum absolute atomic E-state index is 0.206. The van der Waals surface area contributed by atoms with Gasteiger partial charge in [-0.15, -0.1) is 21.5 Å². The van der Waals surface area contributed by atoms with Crippen molar-refractivity contribution in [2.24, 2.45) is 0 Å². The molecule has 0 radical (unpaired) electrons. The third kappa shape index (κ3) is 2.58. The first-order valence-corrected chi connectivity index (χ1v) is 4.40. The van der Waals surface area contributed by atoms with Crippen LogP contribution in [0.1, 0.15) is 16.4 Å². The fourth-order valence-corrected chi connectivity index (χ4v) is 1.46. The Morgan fingerprint density at radius 1 is 1.58 bits per heavy atom. The second-order valence-electron chi connectivity index (χ2n) is 2.29. The quantitative estimate of drug-likeness (QED) is 0.659. The van der Waals surface area contributed by atoms with Gasteiger partial charge in [0.15, 0.2) is 0 Å². The number of aryl methyl sites for hydroxylation is 2. The van der Waals surface area contributed by atoms with Crippen LogP contribution >= 0.6 is 11.3 Å². The van der Waals surface area contributed by atoms with Crippen LogP contribution in [-0.4, -0.2) is 23.3 Å². The van der Waals surface area contributed by atoms with Crippen molar-refractivity contribution in [2.75, 3.05) is 7.11 Å². The molecule has 0 aliphatic carbocycles. The summed E-state index contributed by atoms with van der Waals surface area (Å²) < 4.78 is 4.50. The first-order chi connectivity index (χ1) is 5.72. The molecule has 1 rings (SSSR count). The van der Waals surface area contributed by atoms with E-state index in [0.29, 0.717) is 12.8 Å². The molecule has 0 fully saturated rings. The van der Waals surface area contributed by atoms with Crippen molar-refractivity contribution >= 4 is 17.3 Å². The van der Waals surface area contributed by atoms with Crippen molar-refractivity contribution in [3.05, 3.63) is 10.0 Å². The SMILES string of the molecule is COC(=O)CCc1nnc(C)s1. The van der Waals surface area contributed by atoms with E-state index >= 15 is 0 Å². The zero-order valence-corrected chi connectivity index (χ0v) is 7.85. The van der Waals surface area contributed by atoms with Crippen molar-refractivity contribution in [1.82, 2.24) is 10.2 Å². The van der Waals surface area contributed by atoms with Crippen molar-refractivity contribution in [3.63, 3.8) is 0 Å². The molecular weight excluding hydrogens is 176 g/mol. The molecule has 0 N–H and O–H groups in total. The summed E-state index contributed by atoms with van der Waals surface area (Å²) in [6, 6.07) is 0. The third-order valence-corrected chi connectivity index (χ3v) is 2.24. The molecule has 0 spiro atoms. The van der Waals surface area contributed by atoms with Gasteiger partial charge in [-0.05, 0) is 6.92 Å². The molecule has 1 aromatic heterocycles.